The van der Waals surface area contributed by atoms with Gasteiger partial charge in [-0.1, -0.05) is 0 Å². The Balaban J connectivity index is 1.74. The van der Waals surface area contributed by atoms with E-state index in [-0.39, 0.29) is 0 Å². The Morgan fingerprint density at radius 3 is 2.05 bits per heavy atom. The number of nitrogens with zero attached hydrogens (tertiary/aromatic N) is 5. The summed E-state index contributed by atoms with van der Waals surface area (Å²) in [6.07, 6.45) is 2.61. The highest BCUT2D eigenvalue weighted by molar-refractivity contribution is 5.38. The van der Waals surface area contributed by atoms with Crippen LogP contribution in [0.5, 0.6) is 0 Å². The van der Waals surface area contributed by atoms with E-state index in [1.54, 1.807) is 6.33 Å². The summed E-state index contributed by atoms with van der Waals surface area (Å²) in [5.41, 5.74) is 0. The van der Waals surface area contributed by atoms with Crippen LogP contribution in [0.4, 0.5) is 11.9 Å². The van der Waals surface area contributed by atoms with Crippen molar-refractivity contribution >= 4 is 11.9 Å². The Bertz CT molecular complexity index is 403. The van der Waals surface area contributed by atoms with E-state index in [0.717, 1.165) is 70.9 Å². The molecule has 2 fully saturated rings. The van der Waals surface area contributed by atoms with Gasteiger partial charge in [0.25, 0.3) is 0 Å². The van der Waals surface area contributed by atoms with Crippen LogP contribution in [0.1, 0.15) is 6.42 Å². The van der Waals surface area contributed by atoms with E-state index >= 15 is 0 Å². The fourth-order valence-corrected chi connectivity index (χ4v) is 2.29. The number of aromatic nitrogens is 3. The van der Waals surface area contributed by atoms with Gasteiger partial charge in [0, 0.05) is 32.8 Å². The van der Waals surface area contributed by atoms with Gasteiger partial charge in [0.05, 0.1) is 19.8 Å². The molecule has 2 saturated heterocycles. The summed E-state index contributed by atoms with van der Waals surface area (Å²) in [7, 11) is 0. The summed E-state index contributed by atoms with van der Waals surface area (Å²) in [5.74, 6) is 1.50. The third-order valence-electron chi connectivity index (χ3n) is 3.35. The Hall–Kier alpha value is -1.47. The van der Waals surface area contributed by atoms with Gasteiger partial charge in [0.2, 0.25) is 11.9 Å². The molecule has 7 heteroatoms. The van der Waals surface area contributed by atoms with Crippen molar-refractivity contribution in [3.8, 4) is 0 Å². The summed E-state index contributed by atoms with van der Waals surface area (Å²) in [6, 6.07) is 0. The van der Waals surface area contributed by atoms with Crippen molar-refractivity contribution < 1.29 is 9.47 Å². The maximum Gasteiger partial charge on any atom is 0.230 e. The summed E-state index contributed by atoms with van der Waals surface area (Å²) in [4.78, 5) is 17.4. The predicted octanol–water partition coefficient (Wildman–Crippen LogP) is -0.0651. The molecule has 3 heterocycles. The van der Waals surface area contributed by atoms with Gasteiger partial charge < -0.3 is 19.3 Å². The monoisotopic (exact) mass is 265 g/mol. The fraction of sp³-hybridized carbons (Fsp3) is 0.750. The second-order valence-corrected chi connectivity index (χ2v) is 4.64. The van der Waals surface area contributed by atoms with E-state index in [2.05, 4.69) is 24.8 Å². The quantitative estimate of drug-likeness (QED) is 0.742. The molecule has 0 spiro atoms. The van der Waals surface area contributed by atoms with Gasteiger partial charge in [0.15, 0.2) is 0 Å². The van der Waals surface area contributed by atoms with E-state index in [9.17, 15) is 0 Å². The molecule has 0 aliphatic carbocycles. The molecule has 0 unspecified atom stereocenters. The van der Waals surface area contributed by atoms with E-state index < -0.39 is 0 Å². The van der Waals surface area contributed by atoms with Crippen LogP contribution in [0.2, 0.25) is 0 Å². The first-order valence-corrected chi connectivity index (χ1v) is 6.78. The molecule has 0 N–H and O–H groups in total. The molecule has 3 rings (SSSR count). The number of hydrogen-bond donors (Lipinski definition) is 0. The average molecular weight is 265 g/mol. The van der Waals surface area contributed by atoms with Crippen molar-refractivity contribution in [2.45, 2.75) is 6.42 Å². The van der Waals surface area contributed by atoms with Crippen LogP contribution in [-0.2, 0) is 9.47 Å². The van der Waals surface area contributed by atoms with Gasteiger partial charge in [-0.15, -0.1) is 0 Å². The second kappa shape index (κ2) is 6.12. The lowest BCUT2D eigenvalue weighted by molar-refractivity contribution is 0.122. The van der Waals surface area contributed by atoms with E-state index in [1.807, 2.05) is 0 Å². The lowest BCUT2D eigenvalue weighted by Gasteiger charge is -2.27. The fourth-order valence-electron chi connectivity index (χ4n) is 2.29. The number of morpholine rings is 1. The molecule has 2 aliphatic heterocycles. The molecule has 0 saturated carbocycles. The van der Waals surface area contributed by atoms with Crippen molar-refractivity contribution in [3.05, 3.63) is 6.33 Å². The van der Waals surface area contributed by atoms with Gasteiger partial charge in [-0.3, -0.25) is 0 Å². The van der Waals surface area contributed by atoms with Gasteiger partial charge in [0.1, 0.15) is 6.33 Å². The Morgan fingerprint density at radius 1 is 0.789 bits per heavy atom. The third-order valence-corrected chi connectivity index (χ3v) is 3.35. The van der Waals surface area contributed by atoms with Gasteiger partial charge in [-0.05, 0) is 6.42 Å². The first kappa shape index (κ1) is 12.6. The first-order chi connectivity index (χ1) is 9.43. The Labute approximate surface area is 112 Å². The minimum absolute atomic E-state index is 0.735. The van der Waals surface area contributed by atoms with Crippen molar-refractivity contribution in [2.75, 3.05) is 62.4 Å². The topological polar surface area (TPSA) is 63.6 Å². The summed E-state index contributed by atoms with van der Waals surface area (Å²) >= 11 is 0. The van der Waals surface area contributed by atoms with Crippen LogP contribution in [0.15, 0.2) is 6.33 Å². The van der Waals surface area contributed by atoms with E-state index in [0.29, 0.717) is 0 Å². The highest BCUT2D eigenvalue weighted by Crippen LogP contribution is 2.14. The maximum atomic E-state index is 5.45. The van der Waals surface area contributed by atoms with Crippen molar-refractivity contribution in [3.63, 3.8) is 0 Å². The first-order valence-electron chi connectivity index (χ1n) is 6.78. The third kappa shape index (κ3) is 3.10. The minimum Gasteiger partial charge on any atom is -0.380 e. The highest BCUT2D eigenvalue weighted by Gasteiger charge is 2.17. The SMILES string of the molecule is c1nc(N2CCCOCC2)nc(N2CCOCC2)n1. The van der Waals surface area contributed by atoms with E-state index in [1.165, 1.54) is 0 Å². The number of hydrogen-bond acceptors (Lipinski definition) is 7. The normalized spacial score (nSPS) is 21.3. The average Bonchev–Trinajstić information content (AvgIpc) is 2.77. The van der Waals surface area contributed by atoms with Crippen LogP contribution in [-0.4, -0.2) is 67.6 Å². The van der Waals surface area contributed by atoms with Gasteiger partial charge in [-0.2, -0.15) is 4.98 Å². The van der Waals surface area contributed by atoms with Crippen LogP contribution < -0.4 is 9.80 Å². The maximum absolute atomic E-state index is 5.45. The molecule has 0 aromatic carbocycles. The van der Waals surface area contributed by atoms with Crippen molar-refractivity contribution in [1.29, 1.82) is 0 Å². The molecule has 1 aromatic heterocycles. The highest BCUT2D eigenvalue weighted by atomic mass is 16.5. The lowest BCUT2D eigenvalue weighted by atomic mass is 10.4. The number of rotatable bonds is 2. The summed E-state index contributed by atoms with van der Waals surface area (Å²) < 4.78 is 10.8. The van der Waals surface area contributed by atoms with Crippen LogP contribution in [0.3, 0.4) is 0 Å². The molecule has 19 heavy (non-hydrogen) atoms. The molecule has 7 nitrogen and oxygen atoms in total. The van der Waals surface area contributed by atoms with Crippen molar-refractivity contribution in [2.24, 2.45) is 0 Å². The predicted molar refractivity (Wildman–Crippen MR) is 70.5 cm³/mol. The number of anilines is 2. The number of ether oxygens (including phenoxy) is 2. The molecule has 0 bridgehead atoms. The smallest absolute Gasteiger partial charge is 0.230 e. The molecular weight excluding hydrogens is 246 g/mol. The van der Waals surface area contributed by atoms with Crippen LogP contribution >= 0.6 is 0 Å². The molecule has 104 valence electrons. The zero-order valence-electron chi connectivity index (χ0n) is 11.0. The zero-order valence-corrected chi connectivity index (χ0v) is 11.0. The Morgan fingerprint density at radius 2 is 1.37 bits per heavy atom. The standard InChI is InChI=1S/C12H19N5O2/c1-2-16(3-7-18-6-1)11-13-10-14-12(15-11)17-4-8-19-9-5-17/h10H,1-9H2. The Kier molecular flexibility index (Phi) is 4.04. The van der Waals surface area contributed by atoms with Gasteiger partial charge >= 0.3 is 0 Å². The lowest BCUT2D eigenvalue weighted by Crippen LogP contribution is -2.38. The van der Waals surface area contributed by atoms with Crippen molar-refractivity contribution in [1.82, 2.24) is 15.0 Å². The molecule has 2 aliphatic rings. The van der Waals surface area contributed by atoms with Crippen LogP contribution in [0, 0.1) is 0 Å². The largest absolute Gasteiger partial charge is 0.380 e. The summed E-state index contributed by atoms with van der Waals surface area (Å²) in [6.45, 7) is 6.48. The zero-order chi connectivity index (χ0) is 12.9. The molecule has 1 aromatic rings. The second-order valence-electron chi connectivity index (χ2n) is 4.64. The molecule has 0 atom stereocenters. The molecular formula is C12H19N5O2. The van der Waals surface area contributed by atoms with Gasteiger partial charge in [-0.25, -0.2) is 9.97 Å². The summed E-state index contributed by atoms with van der Waals surface area (Å²) in [5, 5.41) is 0. The van der Waals surface area contributed by atoms with Crippen LogP contribution in [0.25, 0.3) is 0 Å². The minimum atomic E-state index is 0.735. The molecule has 0 radical (unpaired) electrons. The van der Waals surface area contributed by atoms with E-state index in [4.69, 9.17) is 9.47 Å². The molecule has 0 amide bonds.